The molecule has 8 heteroatoms. The molecule has 0 radical (unpaired) electrons. The number of nitrogens with one attached hydrogen (secondary N) is 1. The molecule has 2 aromatic carbocycles. The van der Waals surface area contributed by atoms with Crippen LogP contribution in [0.2, 0.25) is 5.02 Å². The molecule has 0 atom stereocenters. The number of rotatable bonds is 3. The van der Waals surface area contributed by atoms with Gasteiger partial charge in [-0.1, -0.05) is 29.0 Å². The zero-order valence-corrected chi connectivity index (χ0v) is 12.4. The van der Waals surface area contributed by atoms with Crippen molar-refractivity contribution >= 4 is 44.0 Å². The molecular formula is C14H8ClF3N2OS. The third-order valence-corrected chi connectivity index (χ3v) is 3.84. The van der Waals surface area contributed by atoms with Gasteiger partial charge < -0.3 is 10.1 Å². The molecule has 0 aliphatic heterocycles. The van der Waals surface area contributed by atoms with Crippen LogP contribution in [0.4, 0.5) is 24.0 Å². The summed E-state index contributed by atoms with van der Waals surface area (Å²) in [5, 5.41) is 4.11. The first kappa shape index (κ1) is 14.9. The largest absolute Gasteiger partial charge is 0.573 e. The zero-order chi connectivity index (χ0) is 15.7. The van der Waals surface area contributed by atoms with Crippen LogP contribution in [0.3, 0.4) is 0 Å². The maximum atomic E-state index is 12.2. The van der Waals surface area contributed by atoms with Gasteiger partial charge in [-0.15, -0.1) is 13.2 Å². The number of ether oxygens (including phenoxy) is 1. The second kappa shape index (κ2) is 5.66. The minimum atomic E-state index is -4.72. The number of hydrogen-bond donors (Lipinski definition) is 1. The number of aromatic nitrogens is 1. The first-order valence-corrected chi connectivity index (χ1v) is 7.27. The molecule has 1 N–H and O–H groups in total. The highest BCUT2D eigenvalue weighted by Crippen LogP contribution is 2.31. The van der Waals surface area contributed by atoms with Crippen LogP contribution in [-0.4, -0.2) is 11.3 Å². The molecule has 1 heterocycles. The van der Waals surface area contributed by atoms with E-state index in [0.29, 0.717) is 15.8 Å². The van der Waals surface area contributed by atoms with Gasteiger partial charge in [0, 0.05) is 16.8 Å². The molecule has 0 saturated heterocycles. The molecule has 3 rings (SSSR count). The van der Waals surface area contributed by atoms with E-state index >= 15 is 0 Å². The highest BCUT2D eigenvalue weighted by molar-refractivity contribution is 7.22. The zero-order valence-electron chi connectivity index (χ0n) is 10.8. The molecule has 0 fully saturated rings. The van der Waals surface area contributed by atoms with Crippen molar-refractivity contribution in [3.8, 4) is 5.75 Å². The summed E-state index contributed by atoms with van der Waals surface area (Å²) in [4.78, 5) is 4.34. The maximum absolute atomic E-state index is 12.2. The lowest BCUT2D eigenvalue weighted by Crippen LogP contribution is -2.17. The summed E-state index contributed by atoms with van der Waals surface area (Å²) < 4.78 is 41.4. The highest BCUT2D eigenvalue weighted by Gasteiger charge is 2.31. The van der Waals surface area contributed by atoms with Gasteiger partial charge in [0.1, 0.15) is 5.75 Å². The van der Waals surface area contributed by atoms with Crippen molar-refractivity contribution < 1.29 is 17.9 Å². The van der Waals surface area contributed by atoms with Crippen LogP contribution >= 0.6 is 22.9 Å². The molecule has 3 aromatic rings. The summed E-state index contributed by atoms with van der Waals surface area (Å²) in [5.41, 5.74) is 1.21. The van der Waals surface area contributed by atoms with Crippen molar-refractivity contribution in [2.45, 2.75) is 6.36 Å². The first-order chi connectivity index (χ1) is 10.4. The summed E-state index contributed by atoms with van der Waals surface area (Å²) in [6.07, 6.45) is -4.72. The average Bonchev–Trinajstić information content (AvgIpc) is 2.78. The van der Waals surface area contributed by atoms with Crippen molar-refractivity contribution in [3.05, 3.63) is 47.5 Å². The number of anilines is 2. The number of alkyl halides is 3. The van der Waals surface area contributed by atoms with Crippen molar-refractivity contribution in [2.24, 2.45) is 0 Å². The smallest absolute Gasteiger partial charge is 0.406 e. The Labute approximate surface area is 132 Å². The van der Waals surface area contributed by atoms with E-state index in [1.165, 1.54) is 29.5 Å². The summed E-state index contributed by atoms with van der Waals surface area (Å²) in [5.74, 6) is -0.290. The Morgan fingerprint density at radius 2 is 1.95 bits per heavy atom. The highest BCUT2D eigenvalue weighted by atomic mass is 35.5. The van der Waals surface area contributed by atoms with E-state index in [2.05, 4.69) is 15.0 Å². The van der Waals surface area contributed by atoms with Crippen molar-refractivity contribution in [2.75, 3.05) is 5.32 Å². The van der Waals surface area contributed by atoms with Crippen LogP contribution in [0.1, 0.15) is 0 Å². The number of thiazole rings is 1. The number of fused-ring (bicyclic) bond motifs is 1. The second-order valence-electron chi connectivity index (χ2n) is 4.33. The van der Waals surface area contributed by atoms with Crippen LogP contribution in [0, 0.1) is 0 Å². The SMILES string of the molecule is FC(F)(F)Oc1cccc(Nc2nc3ccc(Cl)cc3s2)c1. The normalized spacial score (nSPS) is 11.6. The van der Waals surface area contributed by atoms with Gasteiger partial charge in [-0.25, -0.2) is 4.98 Å². The minimum absolute atomic E-state index is 0.290. The minimum Gasteiger partial charge on any atom is -0.406 e. The van der Waals surface area contributed by atoms with E-state index in [4.69, 9.17) is 11.6 Å². The van der Waals surface area contributed by atoms with E-state index < -0.39 is 6.36 Å². The van der Waals surface area contributed by atoms with E-state index in [9.17, 15) is 13.2 Å². The lowest BCUT2D eigenvalue weighted by molar-refractivity contribution is -0.274. The molecule has 22 heavy (non-hydrogen) atoms. The van der Waals surface area contributed by atoms with Gasteiger partial charge in [-0.2, -0.15) is 0 Å². The molecule has 0 saturated carbocycles. The van der Waals surface area contributed by atoms with Gasteiger partial charge >= 0.3 is 6.36 Å². The van der Waals surface area contributed by atoms with Crippen molar-refractivity contribution in [3.63, 3.8) is 0 Å². The molecule has 1 aromatic heterocycles. The van der Waals surface area contributed by atoms with Crippen LogP contribution in [0.15, 0.2) is 42.5 Å². The molecule has 0 aliphatic carbocycles. The Hall–Kier alpha value is -1.99. The number of nitrogens with zero attached hydrogens (tertiary/aromatic N) is 1. The van der Waals surface area contributed by atoms with Gasteiger partial charge in [0.15, 0.2) is 5.13 Å². The van der Waals surface area contributed by atoms with Gasteiger partial charge in [-0.3, -0.25) is 0 Å². The van der Waals surface area contributed by atoms with Crippen molar-refractivity contribution in [1.29, 1.82) is 0 Å². The Morgan fingerprint density at radius 3 is 2.73 bits per heavy atom. The molecule has 0 aliphatic rings. The van der Waals surface area contributed by atoms with E-state index in [1.54, 1.807) is 24.3 Å². The number of benzene rings is 2. The summed E-state index contributed by atoms with van der Waals surface area (Å²) in [7, 11) is 0. The molecule has 0 bridgehead atoms. The quantitative estimate of drug-likeness (QED) is 0.672. The maximum Gasteiger partial charge on any atom is 0.573 e. The Bertz CT molecular complexity index is 819. The summed E-state index contributed by atoms with van der Waals surface area (Å²) in [6.45, 7) is 0. The fourth-order valence-electron chi connectivity index (χ4n) is 1.85. The summed E-state index contributed by atoms with van der Waals surface area (Å²) in [6, 6.07) is 10.9. The van der Waals surface area contributed by atoms with E-state index in [-0.39, 0.29) is 5.75 Å². The molecule has 0 spiro atoms. The van der Waals surface area contributed by atoms with Crippen LogP contribution in [0.25, 0.3) is 10.2 Å². The van der Waals surface area contributed by atoms with Crippen LogP contribution in [0.5, 0.6) is 5.75 Å². The Balaban J connectivity index is 1.83. The van der Waals surface area contributed by atoms with Gasteiger partial charge in [0.2, 0.25) is 0 Å². The van der Waals surface area contributed by atoms with E-state index in [0.717, 1.165) is 10.2 Å². The molecule has 3 nitrogen and oxygen atoms in total. The molecule has 0 amide bonds. The first-order valence-electron chi connectivity index (χ1n) is 6.08. The topological polar surface area (TPSA) is 34.1 Å². The predicted octanol–water partition coefficient (Wildman–Crippen LogP) is 5.59. The second-order valence-corrected chi connectivity index (χ2v) is 5.80. The monoisotopic (exact) mass is 344 g/mol. The lowest BCUT2D eigenvalue weighted by atomic mass is 10.3. The molecule has 114 valence electrons. The summed E-state index contributed by atoms with van der Waals surface area (Å²) >= 11 is 7.26. The van der Waals surface area contributed by atoms with Gasteiger partial charge in [0.25, 0.3) is 0 Å². The van der Waals surface area contributed by atoms with Crippen LogP contribution < -0.4 is 10.1 Å². The number of hydrogen-bond acceptors (Lipinski definition) is 4. The average molecular weight is 345 g/mol. The Morgan fingerprint density at radius 1 is 1.14 bits per heavy atom. The van der Waals surface area contributed by atoms with Gasteiger partial charge in [0.05, 0.1) is 10.2 Å². The fraction of sp³-hybridized carbons (Fsp3) is 0.0714. The molecule has 0 unspecified atom stereocenters. The predicted molar refractivity (Wildman–Crippen MR) is 81.0 cm³/mol. The van der Waals surface area contributed by atoms with E-state index in [1.807, 2.05) is 0 Å². The van der Waals surface area contributed by atoms with Crippen molar-refractivity contribution in [1.82, 2.24) is 4.98 Å². The molecular weight excluding hydrogens is 337 g/mol. The third-order valence-electron chi connectivity index (χ3n) is 2.67. The Kier molecular flexibility index (Phi) is 3.84. The standard InChI is InChI=1S/C14H8ClF3N2OS/c15-8-4-5-11-12(6-8)22-13(20-11)19-9-2-1-3-10(7-9)21-14(16,17)18/h1-7H,(H,19,20). The van der Waals surface area contributed by atoms with Gasteiger partial charge in [-0.05, 0) is 30.3 Å². The lowest BCUT2D eigenvalue weighted by Gasteiger charge is -2.10. The van der Waals surface area contributed by atoms with Crippen LogP contribution in [-0.2, 0) is 0 Å². The third kappa shape index (κ3) is 3.61. The number of halogens is 4. The fourth-order valence-corrected chi connectivity index (χ4v) is 3.01.